The molecule has 1 heteroatoms. The van der Waals surface area contributed by atoms with E-state index in [4.69, 9.17) is 0 Å². The van der Waals surface area contributed by atoms with Crippen molar-refractivity contribution in [1.29, 1.82) is 0 Å². The van der Waals surface area contributed by atoms with Crippen molar-refractivity contribution < 1.29 is 0 Å². The smallest absolute Gasteiger partial charge is 0.0493 e. The van der Waals surface area contributed by atoms with Crippen LogP contribution in [0.3, 0.4) is 0 Å². The summed E-state index contributed by atoms with van der Waals surface area (Å²) in [6.07, 6.45) is 17.5. The van der Waals surface area contributed by atoms with Crippen LogP contribution in [-0.4, -0.2) is 0 Å². The first-order valence-corrected chi connectivity index (χ1v) is 19.3. The molecule has 53 heavy (non-hydrogen) atoms. The average Bonchev–Trinajstić information content (AvgIpc) is 3.38. The van der Waals surface area contributed by atoms with E-state index in [1.54, 1.807) is 0 Å². The van der Waals surface area contributed by atoms with Gasteiger partial charge in [-0.3, -0.25) is 0 Å². The van der Waals surface area contributed by atoms with E-state index in [1.807, 2.05) is 0 Å². The molecule has 256 valence electrons. The second-order valence-corrected chi connectivity index (χ2v) is 15.1. The Balaban J connectivity index is 1.17. The van der Waals surface area contributed by atoms with Crippen LogP contribution in [0, 0.1) is 11.8 Å². The van der Waals surface area contributed by atoms with Crippen LogP contribution >= 0.6 is 0 Å². The predicted molar refractivity (Wildman–Crippen MR) is 226 cm³/mol. The molecule has 4 aliphatic rings. The van der Waals surface area contributed by atoms with Gasteiger partial charge in [0.15, 0.2) is 0 Å². The Kier molecular flexibility index (Phi) is 7.76. The number of hydrogen-bond donors (Lipinski definition) is 0. The lowest BCUT2D eigenvalue weighted by atomic mass is 9.70. The number of rotatable bonds is 6. The number of benzene rings is 6. The van der Waals surface area contributed by atoms with Crippen LogP contribution < -0.4 is 4.90 Å². The third kappa shape index (κ3) is 5.13. The Morgan fingerprint density at radius 3 is 2.28 bits per heavy atom. The molecule has 6 aromatic carbocycles. The molecule has 0 aromatic heterocycles. The highest BCUT2D eigenvalue weighted by Crippen LogP contribution is 2.56. The molecule has 10 rings (SSSR count). The summed E-state index contributed by atoms with van der Waals surface area (Å²) in [5.41, 5.74) is 18.0. The van der Waals surface area contributed by atoms with Gasteiger partial charge in [-0.05, 0) is 134 Å². The van der Waals surface area contributed by atoms with Crippen molar-refractivity contribution in [3.05, 3.63) is 198 Å². The van der Waals surface area contributed by atoms with Crippen molar-refractivity contribution in [2.24, 2.45) is 11.8 Å². The van der Waals surface area contributed by atoms with Gasteiger partial charge in [-0.15, -0.1) is 0 Å². The van der Waals surface area contributed by atoms with Crippen molar-refractivity contribution in [2.75, 3.05) is 4.90 Å². The summed E-state index contributed by atoms with van der Waals surface area (Å²) >= 11 is 0. The summed E-state index contributed by atoms with van der Waals surface area (Å²) in [6, 6.07) is 47.8. The second kappa shape index (κ2) is 12.9. The highest BCUT2D eigenvalue weighted by Gasteiger charge is 2.33. The van der Waals surface area contributed by atoms with E-state index in [0.29, 0.717) is 17.8 Å². The monoisotopic (exact) mass is 681 g/mol. The fraction of sp³-hybridized carbons (Fsp3) is 0.154. The molecule has 1 nitrogen and oxygen atoms in total. The Bertz CT molecular complexity index is 2570. The first-order chi connectivity index (χ1) is 26.2. The van der Waals surface area contributed by atoms with Crippen LogP contribution in [0.5, 0.6) is 0 Å². The summed E-state index contributed by atoms with van der Waals surface area (Å²) in [6.45, 7) is 7.35. The maximum absolute atomic E-state index is 4.38. The fourth-order valence-electron chi connectivity index (χ4n) is 9.98. The molecular weight excluding hydrogens is 639 g/mol. The minimum atomic E-state index is 0.552. The zero-order valence-corrected chi connectivity index (χ0v) is 30.3. The molecule has 1 saturated carbocycles. The van der Waals surface area contributed by atoms with E-state index in [2.05, 4.69) is 182 Å². The van der Waals surface area contributed by atoms with Crippen LogP contribution in [-0.2, 0) is 6.54 Å². The lowest BCUT2D eigenvalue weighted by molar-refractivity contribution is 0.300. The Hall–Kier alpha value is -5.92. The largest absolute Gasteiger partial charge is 0.336 e. The van der Waals surface area contributed by atoms with Crippen molar-refractivity contribution >= 4 is 38.9 Å². The highest BCUT2D eigenvalue weighted by atomic mass is 15.1. The second-order valence-electron chi connectivity index (χ2n) is 15.1. The summed E-state index contributed by atoms with van der Waals surface area (Å²) in [5, 5.41) is 2.53. The normalized spacial score (nSPS) is 20.1. The number of anilines is 2. The summed E-state index contributed by atoms with van der Waals surface area (Å²) in [5.74, 6) is 1.86. The molecule has 4 aliphatic carbocycles. The van der Waals surface area contributed by atoms with E-state index < -0.39 is 0 Å². The van der Waals surface area contributed by atoms with E-state index in [1.165, 1.54) is 108 Å². The van der Waals surface area contributed by atoms with Crippen molar-refractivity contribution in [3.63, 3.8) is 0 Å². The molecule has 0 saturated heterocycles. The predicted octanol–water partition coefficient (Wildman–Crippen LogP) is 14.0. The molecule has 0 aliphatic heterocycles. The minimum absolute atomic E-state index is 0.552. The maximum atomic E-state index is 4.38. The number of nitrogens with zero attached hydrogens (tertiary/aromatic N) is 1. The van der Waals surface area contributed by atoms with Crippen LogP contribution in [0.2, 0.25) is 0 Å². The van der Waals surface area contributed by atoms with Gasteiger partial charge in [0.05, 0.1) is 0 Å². The Morgan fingerprint density at radius 1 is 0.660 bits per heavy atom. The summed E-state index contributed by atoms with van der Waals surface area (Å²) in [7, 11) is 0. The van der Waals surface area contributed by atoms with E-state index in [-0.39, 0.29) is 0 Å². The van der Waals surface area contributed by atoms with Crippen LogP contribution in [0.25, 0.3) is 49.7 Å². The Labute approximate surface area is 313 Å². The maximum Gasteiger partial charge on any atom is 0.0493 e. The standard InChI is InChI=1S/C52H43N/c1-3-40-45-30-29-39(32-49(45)52-46-24-14-25-48(52)44-22-11-12-23-47(44)51(40)41(46)4-2)53(50-26-13-19-35-16-7-10-21-43(35)50)33-38-18-8-9-20-42(38)37-28-27-34-15-5-6-17-36(34)31-37/h3-26,29-30,32,34,36-37H,2,27-28,31,33H2,1H3/b40-3-/t34?,36-,37?/m1/s1. The quantitative estimate of drug-likeness (QED) is 0.169. The first kappa shape index (κ1) is 31.8. The van der Waals surface area contributed by atoms with Crippen molar-refractivity contribution in [3.8, 4) is 22.3 Å². The minimum Gasteiger partial charge on any atom is -0.336 e. The highest BCUT2D eigenvalue weighted by molar-refractivity contribution is 6.25. The molecule has 4 bridgehead atoms. The van der Waals surface area contributed by atoms with E-state index in [9.17, 15) is 0 Å². The van der Waals surface area contributed by atoms with Crippen LogP contribution in [0.4, 0.5) is 11.4 Å². The van der Waals surface area contributed by atoms with Gasteiger partial charge in [0.2, 0.25) is 0 Å². The van der Waals surface area contributed by atoms with Gasteiger partial charge in [0, 0.05) is 23.3 Å². The van der Waals surface area contributed by atoms with Gasteiger partial charge < -0.3 is 4.90 Å². The van der Waals surface area contributed by atoms with Gasteiger partial charge in [-0.1, -0.05) is 152 Å². The van der Waals surface area contributed by atoms with Crippen LogP contribution in [0.1, 0.15) is 59.9 Å². The van der Waals surface area contributed by atoms with Gasteiger partial charge in [0.1, 0.15) is 0 Å². The molecule has 0 spiro atoms. The third-order valence-corrected chi connectivity index (χ3v) is 12.4. The van der Waals surface area contributed by atoms with Crippen molar-refractivity contribution in [2.45, 2.75) is 38.6 Å². The molecule has 0 N–H and O–H groups in total. The molecule has 1 fully saturated rings. The number of fused-ring (bicyclic) bond motifs is 6. The van der Waals surface area contributed by atoms with Crippen LogP contribution in [0.15, 0.2) is 170 Å². The molecule has 0 radical (unpaired) electrons. The van der Waals surface area contributed by atoms with Gasteiger partial charge >= 0.3 is 0 Å². The number of hydrogen-bond acceptors (Lipinski definition) is 1. The lowest BCUT2D eigenvalue weighted by Crippen LogP contribution is -2.24. The zero-order valence-electron chi connectivity index (χ0n) is 30.3. The molecule has 0 heterocycles. The molecule has 0 amide bonds. The van der Waals surface area contributed by atoms with E-state index in [0.717, 1.165) is 6.54 Å². The van der Waals surface area contributed by atoms with Gasteiger partial charge in [0.25, 0.3) is 0 Å². The Morgan fingerprint density at radius 2 is 1.40 bits per heavy atom. The topological polar surface area (TPSA) is 3.24 Å². The SMILES string of the molecule is C=CC1=C2/C(=C\C)c3ccc(N(Cc4ccccc4C4CCC5C=CC=C[C@@H]5C4)c4cccc5ccccc45)cc3-c3c1cccc3-c1ccccc12. The van der Waals surface area contributed by atoms with Gasteiger partial charge in [-0.2, -0.15) is 0 Å². The van der Waals surface area contributed by atoms with Crippen molar-refractivity contribution in [1.82, 2.24) is 0 Å². The fourth-order valence-corrected chi connectivity index (χ4v) is 9.98. The third-order valence-electron chi connectivity index (χ3n) is 12.4. The summed E-state index contributed by atoms with van der Waals surface area (Å²) < 4.78 is 0. The van der Waals surface area contributed by atoms with Gasteiger partial charge in [-0.25, -0.2) is 0 Å². The average molecular weight is 682 g/mol. The first-order valence-electron chi connectivity index (χ1n) is 19.3. The number of allylic oxidation sites excluding steroid dienone is 9. The molecular formula is C52H43N. The summed E-state index contributed by atoms with van der Waals surface area (Å²) in [4.78, 5) is 2.58. The lowest BCUT2D eigenvalue weighted by Gasteiger charge is -2.36. The molecule has 6 aromatic rings. The molecule has 2 unspecified atom stereocenters. The van der Waals surface area contributed by atoms with E-state index >= 15 is 0 Å². The molecule has 3 atom stereocenters. The zero-order chi connectivity index (χ0) is 35.5.